The van der Waals surface area contributed by atoms with Crippen molar-refractivity contribution in [2.75, 3.05) is 19.5 Å². The Hall–Kier alpha value is -2.76. The molecule has 0 spiro atoms. The molecule has 0 atom stereocenters. The van der Waals surface area contributed by atoms with Gasteiger partial charge >= 0.3 is 0 Å². The number of para-hydroxylation sites is 1. The van der Waals surface area contributed by atoms with Crippen molar-refractivity contribution in [1.29, 1.82) is 0 Å². The van der Waals surface area contributed by atoms with E-state index in [1.54, 1.807) is 12.1 Å². The Morgan fingerprint density at radius 1 is 1.19 bits per heavy atom. The Kier molecular flexibility index (Phi) is 4.27. The standard InChI is InChI=1S/C15H14FNO4/c1-20-13-5-3-4-10(14(13)21-2)15(19)17-12-7-6-9(18)8-11(12)16/h3-8,18H,1-2H3,(H,17,19). The molecule has 110 valence electrons. The lowest BCUT2D eigenvalue weighted by Crippen LogP contribution is -2.14. The van der Waals surface area contributed by atoms with Gasteiger partial charge in [-0.1, -0.05) is 6.07 Å². The normalized spacial score (nSPS) is 10.0. The molecule has 0 heterocycles. The Labute approximate surface area is 120 Å². The fraction of sp³-hybridized carbons (Fsp3) is 0.133. The summed E-state index contributed by atoms with van der Waals surface area (Å²) in [6, 6.07) is 8.28. The van der Waals surface area contributed by atoms with Crippen molar-refractivity contribution in [3.05, 3.63) is 47.8 Å². The number of ether oxygens (including phenoxy) is 2. The van der Waals surface area contributed by atoms with E-state index in [1.165, 1.54) is 32.4 Å². The second-order valence-electron chi connectivity index (χ2n) is 4.16. The van der Waals surface area contributed by atoms with Crippen molar-refractivity contribution in [3.8, 4) is 17.2 Å². The predicted octanol–water partition coefficient (Wildman–Crippen LogP) is 2.80. The Morgan fingerprint density at radius 2 is 1.95 bits per heavy atom. The number of hydrogen-bond donors (Lipinski definition) is 2. The maximum Gasteiger partial charge on any atom is 0.259 e. The molecular weight excluding hydrogens is 277 g/mol. The first-order valence-electron chi connectivity index (χ1n) is 6.07. The largest absolute Gasteiger partial charge is 0.508 e. The molecule has 6 heteroatoms. The summed E-state index contributed by atoms with van der Waals surface area (Å²) in [5.41, 5.74) is 0.173. The molecule has 0 aliphatic rings. The monoisotopic (exact) mass is 291 g/mol. The van der Waals surface area contributed by atoms with E-state index in [-0.39, 0.29) is 22.7 Å². The average molecular weight is 291 g/mol. The molecule has 0 aliphatic carbocycles. The van der Waals surface area contributed by atoms with Crippen LogP contribution in [0, 0.1) is 5.82 Å². The molecule has 2 aromatic rings. The number of halogens is 1. The first-order valence-corrected chi connectivity index (χ1v) is 6.07. The molecule has 0 fully saturated rings. The summed E-state index contributed by atoms with van der Waals surface area (Å²) < 4.78 is 23.9. The summed E-state index contributed by atoms with van der Waals surface area (Å²) in [5.74, 6) is -0.835. The molecule has 0 radical (unpaired) electrons. The molecule has 1 amide bonds. The van der Waals surface area contributed by atoms with Gasteiger partial charge in [-0.25, -0.2) is 4.39 Å². The van der Waals surface area contributed by atoms with Crippen LogP contribution in [0.2, 0.25) is 0 Å². The summed E-state index contributed by atoms with van der Waals surface area (Å²) in [4.78, 5) is 12.2. The Bertz CT molecular complexity index is 673. The molecule has 0 saturated carbocycles. The predicted molar refractivity (Wildman–Crippen MR) is 75.6 cm³/mol. The summed E-state index contributed by atoms with van der Waals surface area (Å²) in [5, 5.41) is 11.6. The second kappa shape index (κ2) is 6.13. The van der Waals surface area contributed by atoms with Gasteiger partial charge in [-0.3, -0.25) is 4.79 Å². The lowest BCUT2D eigenvalue weighted by Gasteiger charge is -2.13. The van der Waals surface area contributed by atoms with Crippen LogP contribution in [-0.4, -0.2) is 25.2 Å². The van der Waals surface area contributed by atoms with Crippen LogP contribution in [0.4, 0.5) is 10.1 Å². The number of hydrogen-bond acceptors (Lipinski definition) is 4. The smallest absolute Gasteiger partial charge is 0.259 e. The number of benzene rings is 2. The van der Waals surface area contributed by atoms with Crippen molar-refractivity contribution in [2.45, 2.75) is 0 Å². The van der Waals surface area contributed by atoms with Crippen LogP contribution in [0.5, 0.6) is 17.2 Å². The highest BCUT2D eigenvalue weighted by Gasteiger charge is 2.17. The van der Waals surface area contributed by atoms with E-state index in [4.69, 9.17) is 14.6 Å². The molecule has 0 bridgehead atoms. The fourth-order valence-electron chi connectivity index (χ4n) is 1.86. The van der Waals surface area contributed by atoms with E-state index in [0.717, 1.165) is 6.07 Å². The van der Waals surface area contributed by atoms with Crippen molar-refractivity contribution in [2.24, 2.45) is 0 Å². The molecule has 0 saturated heterocycles. The maximum absolute atomic E-state index is 13.6. The van der Waals surface area contributed by atoms with Crippen LogP contribution in [0.15, 0.2) is 36.4 Å². The summed E-state index contributed by atoms with van der Waals surface area (Å²) in [6.45, 7) is 0. The molecule has 2 aromatic carbocycles. The maximum atomic E-state index is 13.6. The number of phenols is 1. The van der Waals surface area contributed by atoms with Gasteiger partial charge in [0.05, 0.1) is 25.5 Å². The van der Waals surface area contributed by atoms with E-state index < -0.39 is 11.7 Å². The van der Waals surface area contributed by atoms with Crippen molar-refractivity contribution in [1.82, 2.24) is 0 Å². The molecule has 0 aromatic heterocycles. The highest BCUT2D eigenvalue weighted by Crippen LogP contribution is 2.31. The number of phenolic OH excluding ortho intramolecular Hbond substituents is 1. The van der Waals surface area contributed by atoms with E-state index in [0.29, 0.717) is 5.75 Å². The third-order valence-electron chi connectivity index (χ3n) is 2.85. The fourth-order valence-corrected chi connectivity index (χ4v) is 1.86. The van der Waals surface area contributed by atoms with E-state index in [2.05, 4.69) is 5.32 Å². The van der Waals surface area contributed by atoms with Crippen LogP contribution in [0.25, 0.3) is 0 Å². The molecule has 5 nitrogen and oxygen atoms in total. The summed E-state index contributed by atoms with van der Waals surface area (Å²) in [7, 11) is 2.87. The minimum absolute atomic E-state index is 0.0392. The van der Waals surface area contributed by atoms with Gasteiger partial charge in [0.25, 0.3) is 5.91 Å². The quantitative estimate of drug-likeness (QED) is 0.850. The summed E-state index contributed by atoms with van der Waals surface area (Å²) >= 11 is 0. The zero-order valence-corrected chi connectivity index (χ0v) is 11.5. The molecule has 2 N–H and O–H groups in total. The van der Waals surface area contributed by atoms with Crippen molar-refractivity contribution in [3.63, 3.8) is 0 Å². The van der Waals surface area contributed by atoms with Gasteiger partial charge < -0.3 is 19.9 Å². The van der Waals surface area contributed by atoms with Crippen LogP contribution >= 0.6 is 0 Å². The van der Waals surface area contributed by atoms with Gasteiger partial charge in [-0.15, -0.1) is 0 Å². The first-order chi connectivity index (χ1) is 10.1. The average Bonchev–Trinajstić information content (AvgIpc) is 2.49. The van der Waals surface area contributed by atoms with Gasteiger partial charge in [-0.05, 0) is 24.3 Å². The van der Waals surface area contributed by atoms with Gasteiger partial charge in [0, 0.05) is 6.07 Å². The first kappa shape index (κ1) is 14.6. The molecule has 0 unspecified atom stereocenters. The topological polar surface area (TPSA) is 67.8 Å². The van der Waals surface area contributed by atoms with Crippen LogP contribution < -0.4 is 14.8 Å². The van der Waals surface area contributed by atoms with E-state index >= 15 is 0 Å². The third-order valence-corrected chi connectivity index (χ3v) is 2.85. The number of carbonyl (C=O) groups is 1. The number of aromatic hydroxyl groups is 1. The van der Waals surface area contributed by atoms with Gasteiger partial charge in [-0.2, -0.15) is 0 Å². The number of anilines is 1. The number of nitrogens with one attached hydrogen (secondary N) is 1. The van der Waals surface area contributed by atoms with Crippen LogP contribution in [0.3, 0.4) is 0 Å². The van der Waals surface area contributed by atoms with Crippen molar-refractivity contribution >= 4 is 11.6 Å². The molecular formula is C15H14FNO4. The lowest BCUT2D eigenvalue weighted by atomic mass is 10.1. The molecule has 0 aliphatic heterocycles. The second-order valence-corrected chi connectivity index (χ2v) is 4.16. The number of rotatable bonds is 4. The number of methoxy groups -OCH3 is 2. The SMILES string of the molecule is COc1cccc(C(=O)Nc2ccc(O)cc2F)c1OC. The van der Waals surface area contributed by atoms with Crippen LogP contribution in [-0.2, 0) is 0 Å². The number of amides is 1. The van der Waals surface area contributed by atoms with Crippen molar-refractivity contribution < 1.29 is 23.8 Å². The minimum Gasteiger partial charge on any atom is -0.508 e. The Balaban J connectivity index is 2.32. The highest BCUT2D eigenvalue weighted by molar-refractivity contribution is 6.06. The van der Waals surface area contributed by atoms with E-state index in [1.807, 2.05) is 0 Å². The van der Waals surface area contributed by atoms with Gasteiger partial charge in [0.2, 0.25) is 0 Å². The number of carbonyl (C=O) groups excluding carboxylic acids is 1. The zero-order valence-electron chi connectivity index (χ0n) is 11.5. The third kappa shape index (κ3) is 3.05. The Morgan fingerprint density at radius 3 is 2.57 bits per heavy atom. The molecule has 2 rings (SSSR count). The highest BCUT2D eigenvalue weighted by atomic mass is 19.1. The minimum atomic E-state index is -0.731. The molecule has 21 heavy (non-hydrogen) atoms. The van der Waals surface area contributed by atoms with E-state index in [9.17, 15) is 9.18 Å². The van der Waals surface area contributed by atoms with Crippen LogP contribution in [0.1, 0.15) is 10.4 Å². The summed E-state index contributed by atoms with van der Waals surface area (Å²) in [6.07, 6.45) is 0. The zero-order chi connectivity index (χ0) is 15.4. The van der Waals surface area contributed by atoms with Gasteiger partial charge in [0.1, 0.15) is 11.6 Å². The lowest BCUT2D eigenvalue weighted by molar-refractivity contribution is 0.102. The van der Waals surface area contributed by atoms with Gasteiger partial charge in [0.15, 0.2) is 11.5 Å².